The molecule has 264 valence electrons. The van der Waals surface area contributed by atoms with Crippen LogP contribution in [0.5, 0.6) is 34.5 Å². The van der Waals surface area contributed by atoms with Gasteiger partial charge in [-0.3, -0.25) is 19.2 Å². The summed E-state index contributed by atoms with van der Waals surface area (Å²) >= 11 is 0. The minimum Gasteiger partial charge on any atom is -0.481 e. The summed E-state index contributed by atoms with van der Waals surface area (Å²) in [6.07, 6.45) is -3.50. The van der Waals surface area contributed by atoms with Gasteiger partial charge in [0.25, 0.3) is 0 Å². The van der Waals surface area contributed by atoms with Crippen LogP contribution in [0.15, 0.2) is 54.6 Å². The number of esters is 5. The number of fused-ring (bicyclic) bond motifs is 1. The normalized spacial score (nSPS) is 14.6. The summed E-state index contributed by atoms with van der Waals surface area (Å²) in [5.74, 6) is -4.61. The van der Waals surface area contributed by atoms with Gasteiger partial charge >= 0.3 is 36.0 Å². The second-order valence-corrected chi connectivity index (χ2v) is 11.0. The van der Waals surface area contributed by atoms with Crippen LogP contribution in [-0.2, 0) is 39.8 Å². The van der Waals surface area contributed by atoms with Crippen molar-refractivity contribution < 1.29 is 71.4 Å². The minimum atomic E-state index is -1.05. The van der Waals surface area contributed by atoms with E-state index in [2.05, 4.69) is 0 Å². The highest BCUT2D eigenvalue weighted by Gasteiger charge is 2.37. The van der Waals surface area contributed by atoms with E-state index in [0.29, 0.717) is 11.1 Å². The Balaban J connectivity index is 1.72. The Hall–Kier alpha value is -6.12. The highest BCUT2D eigenvalue weighted by Crippen LogP contribution is 2.45. The number of benzene rings is 3. The predicted molar refractivity (Wildman–Crippen MR) is 169 cm³/mol. The Kier molecular flexibility index (Phi) is 12.0. The second kappa shape index (κ2) is 16.3. The first-order chi connectivity index (χ1) is 23.7. The minimum absolute atomic E-state index is 0.0223. The molecule has 0 saturated carbocycles. The fraction of sp³-hybridized carbons (Fsp3) is 0.314. The molecule has 50 heavy (non-hydrogen) atoms. The van der Waals surface area contributed by atoms with Crippen LogP contribution in [0, 0.1) is 0 Å². The highest BCUT2D eigenvalue weighted by atomic mass is 16.8. The lowest BCUT2D eigenvalue weighted by Gasteiger charge is -2.34. The SMILES string of the molecule is CC(=O)Oc1cc(OC(C)=O)c2c(c1)O[C@H](c1ccccc1)[C@H](OC(=O)c1cc(OC(C)=O)c(OCOC(=O)OC(C)C)c(OC(C)=O)c1)C2. The highest BCUT2D eigenvalue weighted by molar-refractivity contribution is 5.92. The molecule has 15 heteroatoms. The monoisotopic (exact) mass is 694 g/mol. The van der Waals surface area contributed by atoms with Gasteiger partial charge in [-0.05, 0) is 31.5 Å². The van der Waals surface area contributed by atoms with E-state index in [1.165, 1.54) is 26.0 Å². The first-order valence-electron chi connectivity index (χ1n) is 15.2. The van der Waals surface area contributed by atoms with E-state index >= 15 is 0 Å². The number of rotatable bonds is 11. The lowest BCUT2D eigenvalue weighted by atomic mass is 9.93. The van der Waals surface area contributed by atoms with Crippen molar-refractivity contribution >= 4 is 36.0 Å². The smallest absolute Gasteiger partial charge is 0.481 e. The molecule has 1 heterocycles. The Morgan fingerprint density at radius 3 is 1.90 bits per heavy atom. The summed E-state index contributed by atoms with van der Waals surface area (Å²) in [6, 6.07) is 13.8. The Bertz CT molecular complexity index is 1740. The fourth-order valence-corrected chi connectivity index (χ4v) is 4.79. The van der Waals surface area contributed by atoms with Gasteiger partial charge in [-0.15, -0.1) is 0 Å². The summed E-state index contributed by atoms with van der Waals surface area (Å²) < 4.78 is 48.6. The molecule has 0 radical (unpaired) electrons. The lowest BCUT2D eigenvalue weighted by molar-refractivity contribution is -0.133. The van der Waals surface area contributed by atoms with Gasteiger partial charge in [0.05, 0.1) is 11.7 Å². The molecule has 0 spiro atoms. The van der Waals surface area contributed by atoms with E-state index in [4.69, 9.17) is 42.6 Å². The number of hydrogen-bond acceptors (Lipinski definition) is 15. The van der Waals surface area contributed by atoms with E-state index in [-0.39, 0.29) is 46.5 Å². The van der Waals surface area contributed by atoms with Crippen molar-refractivity contribution in [2.75, 3.05) is 6.79 Å². The standard InChI is InChI=1S/C35H34O15/c1-18(2)44-35(41)43-17-42-33-29(47-21(5)38)12-24(13-30(33)48-22(6)39)34(40)50-31-16-26-27(46-20(4)37)14-25(45-19(3)36)15-28(26)49-32(31)23-10-8-7-9-11-23/h7-15,18,31-32H,16-17H2,1-6H3/t31-,32-/m1/s1. The van der Waals surface area contributed by atoms with E-state index in [9.17, 15) is 28.8 Å². The van der Waals surface area contributed by atoms with Crippen LogP contribution in [0.2, 0.25) is 0 Å². The second-order valence-electron chi connectivity index (χ2n) is 11.0. The van der Waals surface area contributed by atoms with Gasteiger partial charge < -0.3 is 42.6 Å². The van der Waals surface area contributed by atoms with Gasteiger partial charge in [0.15, 0.2) is 17.6 Å². The number of carbonyl (C=O) groups excluding carboxylic acids is 6. The molecule has 0 amide bonds. The average molecular weight is 695 g/mol. The third kappa shape index (κ3) is 9.95. The van der Waals surface area contributed by atoms with E-state index < -0.39 is 61.1 Å². The Labute approximate surface area is 286 Å². The lowest BCUT2D eigenvalue weighted by Crippen LogP contribution is -2.35. The van der Waals surface area contributed by atoms with Crippen molar-refractivity contribution in [3.05, 3.63) is 71.3 Å². The zero-order valence-corrected chi connectivity index (χ0v) is 28.0. The van der Waals surface area contributed by atoms with Crippen molar-refractivity contribution in [3.63, 3.8) is 0 Å². The maximum atomic E-state index is 13.8. The predicted octanol–water partition coefficient (Wildman–Crippen LogP) is 5.19. The molecule has 0 fully saturated rings. The third-order valence-corrected chi connectivity index (χ3v) is 6.52. The Morgan fingerprint density at radius 2 is 1.34 bits per heavy atom. The molecular formula is C35H34O15. The van der Waals surface area contributed by atoms with E-state index in [1.807, 2.05) is 0 Å². The van der Waals surface area contributed by atoms with Crippen molar-refractivity contribution in [1.29, 1.82) is 0 Å². The van der Waals surface area contributed by atoms with Crippen LogP contribution in [-0.4, -0.2) is 55.0 Å². The molecule has 15 nitrogen and oxygen atoms in total. The Morgan fingerprint density at radius 1 is 0.760 bits per heavy atom. The van der Waals surface area contributed by atoms with Gasteiger partial charge in [-0.1, -0.05) is 30.3 Å². The van der Waals surface area contributed by atoms with Gasteiger partial charge in [0, 0.05) is 51.8 Å². The van der Waals surface area contributed by atoms with Crippen molar-refractivity contribution in [1.82, 2.24) is 0 Å². The number of carbonyl (C=O) groups is 6. The van der Waals surface area contributed by atoms with Crippen molar-refractivity contribution in [3.8, 4) is 34.5 Å². The van der Waals surface area contributed by atoms with Crippen molar-refractivity contribution in [2.45, 2.75) is 66.3 Å². The molecule has 4 rings (SSSR count). The zero-order chi connectivity index (χ0) is 36.5. The summed E-state index contributed by atoms with van der Waals surface area (Å²) in [7, 11) is 0. The maximum Gasteiger partial charge on any atom is 0.511 e. The molecule has 0 aliphatic carbocycles. The van der Waals surface area contributed by atoms with E-state index in [1.54, 1.807) is 44.2 Å². The van der Waals surface area contributed by atoms with Crippen LogP contribution in [0.3, 0.4) is 0 Å². The molecule has 2 atom stereocenters. The number of ether oxygens (including phenoxy) is 9. The summed E-state index contributed by atoms with van der Waals surface area (Å²) in [5, 5.41) is 0. The van der Waals surface area contributed by atoms with Crippen molar-refractivity contribution in [2.24, 2.45) is 0 Å². The molecule has 0 unspecified atom stereocenters. The van der Waals surface area contributed by atoms with Crippen LogP contribution < -0.4 is 28.4 Å². The van der Waals surface area contributed by atoms with Gasteiger partial charge in [-0.2, -0.15) is 0 Å². The molecule has 0 N–H and O–H groups in total. The molecule has 1 aliphatic rings. The first kappa shape index (κ1) is 36.7. The molecule has 3 aromatic rings. The maximum absolute atomic E-state index is 13.8. The van der Waals surface area contributed by atoms with Gasteiger partial charge in [0.2, 0.25) is 12.5 Å². The summed E-state index contributed by atoms with van der Waals surface area (Å²) in [4.78, 5) is 73.3. The fourth-order valence-electron chi connectivity index (χ4n) is 4.79. The quantitative estimate of drug-likeness (QED) is 0.145. The number of hydrogen-bond donors (Lipinski definition) is 0. The summed E-state index contributed by atoms with van der Waals surface area (Å²) in [5.41, 5.74) is 0.735. The molecule has 3 aromatic carbocycles. The van der Waals surface area contributed by atoms with E-state index in [0.717, 1.165) is 26.0 Å². The third-order valence-electron chi connectivity index (χ3n) is 6.52. The van der Waals surface area contributed by atoms with Crippen LogP contribution in [0.1, 0.15) is 69.1 Å². The zero-order valence-electron chi connectivity index (χ0n) is 28.0. The van der Waals surface area contributed by atoms with Crippen LogP contribution in [0.25, 0.3) is 0 Å². The van der Waals surface area contributed by atoms with Crippen LogP contribution in [0.4, 0.5) is 4.79 Å². The molecule has 0 aromatic heterocycles. The first-order valence-corrected chi connectivity index (χ1v) is 15.2. The molecule has 1 aliphatic heterocycles. The van der Waals surface area contributed by atoms with Gasteiger partial charge in [0.1, 0.15) is 23.4 Å². The average Bonchev–Trinajstić information content (AvgIpc) is 3.01. The summed E-state index contributed by atoms with van der Waals surface area (Å²) in [6.45, 7) is 7.06. The van der Waals surface area contributed by atoms with Gasteiger partial charge in [-0.25, -0.2) is 9.59 Å². The largest absolute Gasteiger partial charge is 0.511 e. The molecule has 0 bridgehead atoms. The topological polar surface area (TPSA) is 185 Å². The molecular weight excluding hydrogens is 660 g/mol. The molecule has 0 saturated heterocycles. The van der Waals surface area contributed by atoms with Crippen LogP contribution >= 0.6 is 0 Å².